The van der Waals surface area contributed by atoms with Gasteiger partial charge in [-0.15, -0.1) is 13.2 Å². The number of hydrogen-bond acceptors (Lipinski definition) is 2. The topological polar surface area (TPSA) is 42.1 Å². The van der Waals surface area contributed by atoms with Crippen LogP contribution in [0.5, 0.6) is 5.75 Å². The Morgan fingerprint density at radius 2 is 2.08 bits per heavy atom. The van der Waals surface area contributed by atoms with Crippen molar-refractivity contribution in [1.82, 2.24) is 4.98 Å². The SMILES string of the molecule is O=c1cc(OC(F)(F)F)cc[nH]1. The molecule has 0 aliphatic rings. The fraction of sp³-hybridized carbons (Fsp3) is 0.167. The molecular formula is C6H4F3NO2. The summed E-state index contributed by atoms with van der Waals surface area (Å²) in [4.78, 5) is 12.6. The van der Waals surface area contributed by atoms with Crippen molar-refractivity contribution < 1.29 is 17.9 Å². The van der Waals surface area contributed by atoms with Crippen LogP contribution in [0, 0.1) is 0 Å². The number of ether oxygens (including phenoxy) is 1. The van der Waals surface area contributed by atoms with Crippen molar-refractivity contribution >= 4 is 0 Å². The van der Waals surface area contributed by atoms with E-state index in [4.69, 9.17) is 0 Å². The number of nitrogens with one attached hydrogen (secondary N) is 1. The Labute approximate surface area is 64.8 Å². The van der Waals surface area contributed by atoms with Crippen LogP contribution in [0.25, 0.3) is 0 Å². The fourth-order valence-corrected chi connectivity index (χ4v) is 0.622. The van der Waals surface area contributed by atoms with Crippen molar-refractivity contribution in [2.45, 2.75) is 6.36 Å². The maximum absolute atomic E-state index is 11.5. The van der Waals surface area contributed by atoms with Gasteiger partial charge in [-0.1, -0.05) is 0 Å². The standard InChI is InChI=1S/C6H4F3NO2/c7-6(8,9)12-4-1-2-10-5(11)3-4/h1-3H,(H,10,11). The summed E-state index contributed by atoms with van der Waals surface area (Å²) >= 11 is 0. The van der Waals surface area contributed by atoms with Gasteiger partial charge in [0.25, 0.3) is 5.56 Å². The van der Waals surface area contributed by atoms with Gasteiger partial charge >= 0.3 is 6.36 Å². The number of hydrogen-bond donors (Lipinski definition) is 1. The number of alkyl halides is 3. The smallest absolute Gasteiger partial charge is 0.406 e. The normalized spacial score (nSPS) is 11.2. The van der Waals surface area contributed by atoms with Gasteiger partial charge in [0, 0.05) is 12.3 Å². The van der Waals surface area contributed by atoms with Crippen LogP contribution in [-0.4, -0.2) is 11.3 Å². The first-order valence-electron chi connectivity index (χ1n) is 2.92. The van der Waals surface area contributed by atoms with E-state index in [2.05, 4.69) is 9.72 Å². The number of halogens is 3. The Hall–Kier alpha value is -1.46. The molecule has 0 spiro atoms. The van der Waals surface area contributed by atoms with Gasteiger partial charge in [0.15, 0.2) is 0 Å². The van der Waals surface area contributed by atoms with Gasteiger partial charge in [-0.25, -0.2) is 0 Å². The molecule has 0 amide bonds. The zero-order chi connectivity index (χ0) is 9.19. The maximum Gasteiger partial charge on any atom is 0.573 e. The molecule has 0 aromatic carbocycles. The Bertz CT molecular complexity index is 317. The van der Waals surface area contributed by atoms with Crippen molar-refractivity contribution in [3.05, 3.63) is 28.7 Å². The second-order valence-corrected chi connectivity index (χ2v) is 1.94. The molecule has 66 valence electrons. The number of H-pyrrole nitrogens is 1. The predicted octanol–water partition coefficient (Wildman–Crippen LogP) is 1.27. The van der Waals surface area contributed by atoms with Crippen LogP contribution in [0.2, 0.25) is 0 Å². The predicted molar refractivity (Wildman–Crippen MR) is 33.7 cm³/mol. The molecule has 1 aromatic heterocycles. The molecule has 0 fully saturated rings. The maximum atomic E-state index is 11.5. The molecule has 1 N–H and O–H groups in total. The lowest BCUT2D eigenvalue weighted by Crippen LogP contribution is -2.18. The molecule has 0 unspecified atom stereocenters. The monoisotopic (exact) mass is 179 g/mol. The van der Waals surface area contributed by atoms with Crippen molar-refractivity contribution in [1.29, 1.82) is 0 Å². The highest BCUT2D eigenvalue weighted by Gasteiger charge is 2.31. The van der Waals surface area contributed by atoms with Crippen molar-refractivity contribution in [3.8, 4) is 5.75 Å². The third-order valence-corrected chi connectivity index (χ3v) is 0.980. The minimum Gasteiger partial charge on any atom is -0.406 e. The molecule has 1 rings (SSSR count). The molecule has 0 saturated heterocycles. The fourth-order valence-electron chi connectivity index (χ4n) is 0.622. The number of aromatic nitrogens is 1. The number of aromatic amines is 1. The van der Waals surface area contributed by atoms with Gasteiger partial charge in [-0.05, 0) is 6.07 Å². The number of rotatable bonds is 1. The highest BCUT2D eigenvalue weighted by Crippen LogP contribution is 2.20. The third kappa shape index (κ3) is 2.65. The summed E-state index contributed by atoms with van der Waals surface area (Å²) in [6, 6.07) is 1.72. The van der Waals surface area contributed by atoms with E-state index in [1.807, 2.05) is 0 Å². The van der Waals surface area contributed by atoms with Crippen molar-refractivity contribution in [2.75, 3.05) is 0 Å². The minimum atomic E-state index is -4.76. The first-order chi connectivity index (χ1) is 5.47. The lowest BCUT2D eigenvalue weighted by molar-refractivity contribution is -0.274. The average Bonchev–Trinajstić information content (AvgIpc) is 1.82. The van der Waals surface area contributed by atoms with Crippen LogP contribution in [0.15, 0.2) is 23.1 Å². The molecule has 0 saturated carbocycles. The van der Waals surface area contributed by atoms with Gasteiger partial charge < -0.3 is 9.72 Å². The molecular weight excluding hydrogens is 175 g/mol. The first-order valence-corrected chi connectivity index (χ1v) is 2.92. The van der Waals surface area contributed by atoms with E-state index in [0.29, 0.717) is 6.07 Å². The molecule has 0 aliphatic heterocycles. The van der Waals surface area contributed by atoms with E-state index in [1.54, 1.807) is 0 Å². The van der Waals surface area contributed by atoms with Crippen LogP contribution >= 0.6 is 0 Å². The van der Waals surface area contributed by atoms with Gasteiger partial charge in [0.1, 0.15) is 5.75 Å². The second-order valence-electron chi connectivity index (χ2n) is 1.94. The highest BCUT2D eigenvalue weighted by molar-refractivity contribution is 5.17. The van der Waals surface area contributed by atoms with Crippen molar-refractivity contribution in [2.24, 2.45) is 0 Å². The first kappa shape index (κ1) is 8.63. The van der Waals surface area contributed by atoms with Crippen LogP contribution in [0.4, 0.5) is 13.2 Å². The van der Waals surface area contributed by atoms with Crippen LogP contribution in [0.3, 0.4) is 0 Å². The van der Waals surface area contributed by atoms with E-state index in [9.17, 15) is 18.0 Å². The summed E-state index contributed by atoms with van der Waals surface area (Å²) < 4.78 is 38.1. The molecule has 0 atom stereocenters. The van der Waals surface area contributed by atoms with Crippen LogP contribution in [-0.2, 0) is 0 Å². The molecule has 0 radical (unpaired) electrons. The van der Waals surface area contributed by atoms with E-state index >= 15 is 0 Å². The molecule has 1 aromatic rings. The molecule has 1 heterocycles. The lowest BCUT2D eigenvalue weighted by Gasteiger charge is -2.06. The van der Waals surface area contributed by atoms with Crippen molar-refractivity contribution in [3.63, 3.8) is 0 Å². The third-order valence-electron chi connectivity index (χ3n) is 0.980. The van der Waals surface area contributed by atoms with Crippen LogP contribution < -0.4 is 10.3 Å². The largest absolute Gasteiger partial charge is 0.573 e. The highest BCUT2D eigenvalue weighted by atomic mass is 19.4. The Balaban J connectivity index is 2.84. The summed E-state index contributed by atoms with van der Waals surface area (Å²) in [5.41, 5.74) is -0.642. The molecule has 0 aliphatic carbocycles. The average molecular weight is 179 g/mol. The Morgan fingerprint density at radius 3 is 2.58 bits per heavy atom. The Morgan fingerprint density at radius 1 is 1.42 bits per heavy atom. The molecule has 12 heavy (non-hydrogen) atoms. The summed E-state index contributed by atoms with van der Waals surface area (Å²) in [7, 11) is 0. The zero-order valence-corrected chi connectivity index (χ0v) is 5.68. The Kier molecular flexibility index (Phi) is 2.07. The van der Waals surface area contributed by atoms with E-state index in [0.717, 1.165) is 12.3 Å². The van der Waals surface area contributed by atoms with Gasteiger partial charge in [-0.2, -0.15) is 0 Å². The van der Waals surface area contributed by atoms with E-state index in [1.165, 1.54) is 0 Å². The summed E-state index contributed by atoms with van der Waals surface area (Å²) in [6.45, 7) is 0. The van der Waals surface area contributed by atoms with Gasteiger partial charge in [-0.3, -0.25) is 4.79 Å². The van der Waals surface area contributed by atoms with Gasteiger partial charge in [0.2, 0.25) is 0 Å². The minimum absolute atomic E-state index is 0.522. The zero-order valence-electron chi connectivity index (χ0n) is 5.68. The summed E-state index contributed by atoms with van der Waals surface area (Å²) in [6.07, 6.45) is -3.68. The molecule has 6 heteroatoms. The molecule has 3 nitrogen and oxygen atoms in total. The van der Waals surface area contributed by atoms with Gasteiger partial charge in [0.05, 0.1) is 0 Å². The molecule has 0 bridgehead atoms. The lowest BCUT2D eigenvalue weighted by atomic mass is 10.4. The summed E-state index contributed by atoms with van der Waals surface area (Å²) in [5.74, 6) is -0.522. The quantitative estimate of drug-likeness (QED) is 0.705. The van der Waals surface area contributed by atoms with E-state index in [-0.39, 0.29) is 0 Å². The van der Waals surface area contributed by atoms with Crippen LogP contribution in [0.1, 0.15) is 0 Å². The van der Waals surface area contributed by atoms with E-state index < -0.39 is 17.7 Å². The second kappa shape index (κ2) is 2.88. The summed E-state index contributed by atoms with van der Waals surface area (Å²) in [5, 5.41) is 0. The number of pyridine rings is 1.